The maximum absolute atomic E-state index is 12.0. The van der Waals surface area contributed by atoms with Crippen LogP contribution in [0.25, 0.3) is 0 Å². The largest absolute Gasteiger partial charge is 0.478 e. The highest BCUT2D eigenvalue weighted by molar-refractivity contribution is 5.86. The summed E-state index contributed by atoms with van der Waals surface area (Å²) in [5.41, 5.74) is -1.89. The van der Waals surface area contributed by atoms with Gasteiger partial charge in [-0.2, -0.15) is 0 Å². The summed E-state index contributed by atoms with van der Waals surface area (Å²) in [5.74, 6) is -1.81. The zero-order valence-corrected chi connectivity index (χ0v) is 12.6. The van der Waals surface area contributed by atoms with Crippen LogP contribution in [0.1, 0.15) is 34.6 Å². The van der Waals surface area contributed by atoms with Crippen molar-refractivity contribution in [1.29, 1.82) is 0 Å². The number of aliphatic hydroxyl groups is 2. The second-order valence-electron chi connectivity index (χ2n) is 6.22. The number of carbonyl (C=O) groups is 2. The van der Waals surface area contributed by atoms with Crippen molar-refractivity contribution in [1.82, 2.24) is 0 Å². The molecule has 0 saturated heterocycles. The van der Waals surface area contributed by atoms with Crippen molar-refractivity contribution in [3.63, 3.8) is 0 Å². The van der Waals surface area contributed by atoms with Crippen LogP contribution < -0.4 is 0 Å². The number of rotatable bonds is 7. The molecule has 0 spiro atoms. The number of aliphatic carboxylic acids is 1. The summed E-state index contributed by atoms with van der Waals surface area (Å²) in [6.07, 6.45) is -0.163. The van der Waals surface area contributed by atoms with Gasteiger partial charge in [-0.05, 0) is 26.8 Å². The molecule has 0 heterocycles. The number of carbonyl (C=O) groups excluding carboxylic acids is 1. The van der Waals surface area contributed by atoms with E-state index in [1.165, 1.54) is 20.8 Å². The van der Waals surface area contributed by atoms with Gasteiger partial charge in [-0.15, -0.1) is 0 Å². The highest BCUT2D eigenvalue weighted by atomic mass is 16.5. The molecule has 6 heteroatoms. The Kier molecular flexibility index (Phi) is 6.37. The third-order valence-electron chi connectivity index (χ3n) is 3.03. The lowest BCUT2D eigenvalue weighted by atomic mass is 9.85. The van der Waals surface area contributed by atoms with Crippen LogP contribution in [0.2, 0.25) is 0 Å². The van der Waals surface area contributed by atoms with Crippen molar-refractivity contribution in [2.45, 2.75) is 40.7 Å². The number of ether oxygens (including phenoxy) is 1. The third-order valence-corrected chi connectivity index (χ3v) is 3.03. The van der Waals surface area contributed by atoms with Crippen LogP contribution in [0.3, 0.4) is 0 Å². The van der Waals surface area contributed by atoms with E-state index in [9.17, 15) is 14.7 Å². The Morgan fingerprint density at radius 2 is 1.75 bits per heavy atom. The summed E-state index contributed by atoms with van der Waals surface area (Å²) in [6.45, 7) is 7.62. The molecule has 0 aromatic heterocycles. The Morgan fingerprint density at radius 1 is 1.25 bits per heavy atom. The molecule has 0 radical (unpaired) electrons. The maximum Gasteiger partial charge on any atom is 0.331 e. The van der Waals surface area contributed by atoms with Gasteiger partial charge in [-0.3, -0.25) is 4.79 Å². The third kappa shape index (κ3) is 5.30. The quantitative estimate of drug-likeness (QED) is 0.476. The highest BCUT2D eigenvalue weighted by Crippen LogP contribution is 2.26. The first-order valence-corrected chi connectivity index (χ1v) is 6.32. The van der Waals surface area contributed by atoms with Crippen molar-refractivity contribution >= 4 is 11.9 Å². The minimum Gasteiger partial charge on any atom is -0.478 e. The molecule has 0 aliphatic heterocycles. The van der Waals surface area contributed by atoms with Crippen LogP contribution in [0.15, 0.2) is 11.6 Å². The fraction of sp³-hybridized carbons (Fsp3) is 0.714. The van der Waals surface area contributed by atoms with E-state index in [4.69, 9.17) is 14.9 Å². The molecule has 0 aliphatic carbocycles. The molecule has 0 bridgehead atoms. The van der Waals surface area contributed by atoms with Gasteiger partial charge in [0.05, 0.1) is 24.7 Å². The number of carboxylic acid groups (broad SMARTS) is 1. The Labute approximate surface area is 119 Å². The van der Waals surface area contributed by atoms with E-state index in [1.54, 1.807) is 13.8 Å². The summed E-state index contributed by atoms with van der Waals surface area (Å²) in [4.78, 5) is 22.7. The second-order valence-corrected chi connectivity index (χ2v) is 6.22. The summed E-state index contributed by atoms with van der Waals surface area (Å²) in [6, 6.07) is 0. The van der Waals surface area contributed by atoms with Crippen LogP contribution in [-0.2, 0) is 14.3 Å². The smallest absolute Gasteiger partial charge is 0.331 e. The predicted octanol–water partition coefficient (Wildman–Crippen LogP) is 0.966. The predicted molar refractivity (Wildman–Crippen MR) is 73.0 cm³/mol. The van der Waals surface area contributed by atoms with Crippen molar-refractivity contribution in [2.75, 3.05) is 13.2 Å². The molecule has 1 unspecified atom stereocenters. The van der Waals surface area contributed by atoms with Gasteiger partial charge in [0.25, 0.3) is 0 Å². The molecule has 6 nitrogen and oxygen atoms in total. The van der Waals surface area contributed by atoms with Gasteiger partial charge >= 0.3 is 11.9 Å². The molecular formula is C14H24O6. The van der Waals surface area contributed by atoms with Gasteiger partial charge < -0.3 is 20.1 Å². The number of hydrogen-bond acceptors (Lipinski definition) is 5. The number of carboxylic acids is 1. The second kappa shape index (κ2) is 6.85. The van der Waals surface area contributed by atoms with Gasteiger partial charge in [-0.25, -0.2) is 4.79 Å². The lowest BCUT2D eigenvalue weighted by molar-refractivity contribution is -0.162. The van der Waals surface area contributed by atoms with Gasteiger partial charge in [0.15, 0.2) is 0 Å². The first kappa shape index (κ1) is 18.6. The lowest BCUT2D eigenvalue weighted by Crippen LogP contribution is -2.39. The summed E-state index contributed by atoms with van der Waals surface area (Å²) >= 11 is 0. The van der Waals surface area contributed by atoms with Crippen molar-refractivity contribution < 1.29 is 29.6 Å². The molecule has 0 aromatic rings. The van der Waals surface area contributed by atoms with E-state index in [2.05, 4.69) is 0 Å². The average molecular weight is 288 g/mol. The standard InChI is InChI=1S/C14H24O6/c1-9(11(17)18)6-10(16)14(4,5)12(19)20-8-13(2,3)7-15/h6,10,15-16H,7-8H2,1-5H3,(H,17,18). The number of hydrogen-bond donors (Lipinski definition) is 3. The van der Waals surface area contributed by atoms with E-state index in [1.807, 2.05) is 0 Å². The first-order chi connectivity index (χ1) is 8.94. The van der Waals surface area contributed by atoms with Crippen LogP contribution in [0, 0.1) is 10.8 Å². The van der Waals surface area contributed by atoms with Gasteiger partial charge in [0.2, 0.25) is 0 Å². The SMILES string of the molecule is CC(=CC(O)C(C)(C)C(=O)OCC(C)(C)CO)C(=O)O. The average Bonchev–Trinajstić information content (AvgIpc) is 2.35. The summed E-state index contributed by atoms with van der Waals surface area (Å²) in [7, 11) is 0. The molecule has 0 rings (SSSR count). The number of aliphatic hydroxyl groups excluding tert-OH is 2. The van der Waals surface area contributed by atoms with Crippen molar-refractivity contribution in [2.24, 2.45) is 10.8 Å². The molecule has 0 aliphatic rings. The Morgan fingerprint density at radius 3 is 2.15 bits per heavy atom. The zero-order valence-electron chi connectivity index (χ0n) is 12.6. The molecule has 0 saturated carbocycles. The fourth-order valence-corrected chi connectivity index (χ4v) is 1.13. The fourth-order valence-electron chi connectivity index (χ4n) is 1.13. The maximum atomic E-state index is 12.0. The molecular weight excluding hydrogens is 264 g/mol. The van der Waals surface area contributed by atoms with Gasteiger partial charge in [0, 0.05) is 11.0 Å². The monoisotopic (exact) mass is 288 g/mol. The molecule has 0 fully saturated rings. The Hall–Kier alpha value is -1.40. The normalized spacial score (nSPS) is 14.8. The summed E-state index contributed by atoms with van der Waals surface area (Å²) < 4.78 is 5.09. The molecule has 116 valence electrons. The zero-order chi connectivity index (χ0) is 16.1. The first-order valence-electron chi connectivity index (χ1n) is 6.32. The molecule has 3 N–H and O–H groups in total. The molecule has 20 heavy (non-hydrogen) atoms. The van der Waals surface area contributed by atoms with Gasteiger partial charge in [0.1, 0.15) is 0 Å². The lowest BCUT2D eigenvalue weighted by Gasteiger charge is -2.29. The minimum absolute atomic E-state index is 0.0140. The van der Waals surface area contributed by atoms with Crippen LogP contribution >= 0.6 is 0 Å². The van der Waals surface area contributed by atoms with Crippen molar-refractivity contribution in [3.05, 3.63) is 11.6 Å². The van der Waals surface area contributed by atoms with E-state index in [-0.39, 0.29) is 18.8 Å². The van der Waals surface area contributed by atoms with E-state index in [0.717, 1.165) is 6.08 Å². The number of esters is 1. The molecule has 0 aromatic carbocycles. The molecule has 1 atom stereocenters. The van der Waals surface area contributed by atoms with Gasteiger partial charge in [-0.1, -0.05) is 13.8 Å². The van der Waals surface area contributed by atoms with E-state index >= 15 is 0 Å². The minimum atomic E-state index is -1.28. The van der Waals surface area contributed by atoms with Crippen LogP contribution in [0.5, 0.6) is 0 Å². The summed E-state index contributed by atoms with van der Waals surface area (Å²) in [5, 5.41) is 27.8. The Balaban J connectivity index is 4.83. The van der Waals surface area contributed by atoms with Crippen LogP contribution in [0.4, 0.5) is 0 Å². The van der Waals surface area contributed by atoms with Crippen molar-refractivity contribution in [3.8, 4) is 0 Å². The highest BCUT2D eigenvalue weighted by Gasteiger charge is 2.37. The molecule has 0 amide bonds. The van der Waals surface area contributed by atoms with E-state index < -0.39 is 28.9 Å². The topological polar surface area (TPSA) is 104 Å². The van der Waals surface area contributed by atoms with E-state index in [0.29, 0.717) is 0 Å². The Bertz CT molecular complexity index is 394. The van der Waals surface area contributed by atoms with Crippen LogP contribution in [-0.4, -0.2) is 46.6 Å².